The highest BCUT2D eigenvalue weighted by Crippen LogP contribution is 2.24. The highest BCUT2D eigenvalue weighted by Gasteiger charge is 2.13. The van der Waals surface area contributed by atoms with Crippen molar-refractivity contribution in [3.05, 3.63) is 64.6 Å². The molecule has 0 bridgehead atoms. The van der Waals surface area contributed by atoms with Gasteiger partial charge < -0.3 is 10.1 Å². The van der Waals surface area contributed by atoms with E-state index in [1.54, 1.807) is 6.20 Å². The Bertz CT molecular complexity index is 1180. The summed E-state index contributed by atoms with van der Waals surface area (Å²) in [5, 5.41) is 9.09. The molecule has 4 rings (SSSR count). The number of fused-ring (bicyclic) bond motifs is 1. The van der Waals surface area contributed by atoms with Crippen LogP contribution in [0.5, 0.6) is 0 Å². The van der Waals surface area contributed by atoms with Crippen molar-refractivity contribution in [3.63, 3.8) is 0 Å². The molecule has 0 unspecified atom stereocenters. The number of allylic oxidation sites excluding steroid dienone is 2. The summed E-state index contributed by atoms with van der Waals surface area (Å²) in [6.07, 6.45) is 12.4. The second-order valence-corrected chi connectivity index (χ2v) is 15.4. The first-order valence-electron chi connectivity index (χ1n) is 11.7. The van der Waals surface area contributed by atoms with Crippen LogP contribution >= 0.6 is 0 Å². The molecule has 2 heterocycles. The largest absolute Gasteiger partial charge is 0.379 e. The van der Waals surface area contributed by atoms with Crippen molar-refractivity contribution in [2.24, 2.45) is 0 Å². The molecule has 0 saturated heterocycles. The lowest BCUT2D eigenvalue weighted by Crippen LogP contribution is -2.26. The number of aromatic nitrogens is 4. The van der Waals surface area contributed by atoms with E-state index in [4.69, 9.17) is 4.74 Å². The summed E-state index contributed by atoms with van der Waals surface area (Å²) in [7, 11) is -1.15. The SMILES string of the molecule is C[Si](C)(C)CCOCn1ncc2cc(NCc3cnc(C4=CCCCC4)cn3)ccc2c1=O. The number of nitrogens with zero attached hydrogens (tertiary/aromatic N) is 4. The zero-order valence-corrected chi connectivity index (χ0v) is 20.8. The van der Waals surface area contributed by atoms with E-state index >= 15 is 0 Å². The molecule has 2 aromatic heterocycles. The lowest BCUT2D eigenvalue weighted by atomic mass is 9.97. The Morgan fingerprint density at radius 3 is 2.73 bits per heavy atom. The van der Waals surface area contributed by atoms with Crippen LogP contribution in [0.4, 0.5) is 5.69 Å². The minimum atomic E-state index is -1.15. The molecule has 0 radical (unpaired) electrons. The Hall–Kier alpha value is -2.84. The van der Waals surface area contributed by atoms with Crippen molar-refractivity contribution in [1.82, 2.24) is 19.7 Å². The number of benzene rings is 1. The van der Waals surface area contributed by atoms with Crippen molar-refractivity contribution in [2.45, 2.75) is 64.6 Å². The maximum atomic E-state index is 12.8. The zero-order valence-electron chi connectivity index (χ0n) is 19.8. The van der Waals surface area contributed by atoms with Gasteiger partial charge in [-0.1, -0.05) is 25.7 Å². The molecule has 0 aliphatic heterocycles. The van der Waals surface area contributed by atoms with E-state index < -0.39 is 8.07 Å². The van der Waals surface area contributed by atoms with Gasteiger partial charge in [-0.05, 0) is 55.5 Å². The Morgan fingerprint density at radius 1 is 1.12 bits per heavy atom. The van der Waals surface area contributed by atoms with Gasteiger partial charge in [0.25, 0.3) is 5.56 Å². The first kappa shape index (κ1) is 23.3. The van der Waals surface area contributed by atoms with Gasteiger partial charge in [-0.25, -0.2) is 4.68 Å². The summed E-state index contributed by atoms with van der Waals surface area (Å²) in [6, 6.07) is 6.75. The third-order valence-corrected chi connectivity index (χ3v) is 7.57. The molecule has 0 amide bonds. The molecule has 174 valence electrons. The third-order valence-electron chi connectivity index (χ3n) is 5.86. The van der Waals surface area contributed by atoms with Crippen molar-refractivity contribution >= 4 is 30.1 Å². The van der Waals surface area contributed by atoms with Gasteiger partial charge in [0.15, 0.2) is 0 Å². The topological polar surface area (TPSA) is 81.9 Å². The molecular formula is C25H33N5O2Si. The van der Waals surface area contributed by atoms with E-state index in [9.17, 15) is 4.79 Å². The van der Waals surface area contributed by atoms with Gasteiger partial charge >= 0.3 is 0 Å². The molecule has 1 N–H and O–H groups in total. The van der Waals surface area contributed by atoms with Crippen molar-refractivity contribution < 1.29 is 4.74 Å². The van der Waals surface area contributed by atoms with Gasteiger partial charge in [0.2, 0.25) is 0 Å². The summed E-state index contributed by atoms with van der Waals surface area (Å²) < 4.78 is 7.08. The minimum absolute atomic E-state index is 0.134. The van der Waals surface area contributed by atoms with Gasteiger partial charge in [-0.3, -0.25) is 14.8 Å². The smallest absolute Gasteiger partial charge is 0.276 e. The second-order valence-electron chi connectivity index (χ2n) is 9.82. The summed E-state index contributed by atoms with van der Waals surface area (Å²) in [5.41, 5.74) is 3.94. The summed E-state index contributed by atoms with van der Waals surface area (Å²) >= 11 is 0. The Kier molecular flexibility index (Phi) is 7.35. The highest BCUT2D eigenvalue weighted by molar-refractivity contribution is 6.76. The highest BCUT2D eigenvalue weighted by atomic mass is 28.3. The van der Waals surface area contributed by atoms with Crippen LogP contribution in [0, 0.1) is 0 Å². The molecule has 0 saturated carbocycles. The van der Waals surface area contributed by atoms with Crippen LogP contribution in [0.2, 0.25) is 25.7 Å². The van der Waals surface area contributed by atoms with E-state index in [0.717, 1.165) is 41.3 Å². The molecule has 0 atom stereocenters. The lowest BCUT2D eigenvalue weighted by molar-refractivity contribution is 0.0754. The van der Waals surface area contributed by atoms with Gasteiger partial charge in [-0.15, -0.1) is 0 Å². The molecule has 0 fully saturated rings. The average molecular weight is 464 g/mol. The van der Waals surface area contributed by atoms with Crippen LogP contribution in [-0.2, 0) is 18.0 Å². The maximum absolute atomic E-state index is 12.8. The van der Waals surface area contributed by atoms with Crippen LogP contribution < -0.4 is 10.9 Å². The van der Waals surface area contributed by atoms with Crippen molar-refractivity contribution in [1.29, 1.82) is 0 Å². The van der Waals surface area contributed by atoms with Gasteiger partial charge in [0.1, 0.15) is 6.73 Å². The number of ether oxygens (including phenoxy) is 1. The van der Waals surface area contributed by atoms with Crippen LogP contribution in [0.3, 0.4) is 0 Å². The zero-order chi connectivity index (χ0) is 23.3. The van der Waals surface area contributed by atoms with E-state index in [-0.39, 0.29) is 12.3 Å². The predicted molar refractivity (Wildman–Crippen MR) is 136 cm³/mol. The fourth-order valence-corrected chi connectivity index (χ4v) is 4.55. The van der Waals surface area contributed by atoms with Gasteiger partial charge in [0, 0.05) is 25.8 Å². The quantitative estimate of drug-likeness (QED) is 0.352. The van der Waals surface area contributed by atoms with E-state index in [0.29, 0.717) is 18.5 Å². The molecule has 1 aromatic carbocycles. The first-order valence-corrected chi connectivity index (χ1v) is 15.4. The van der Waals surface area contributed by atoms with Crippen LogP contribution in [-0.4, -0.2) is 34.4 Å². The van der Waals surface area contributed by atoms with Crippen molar-refractivity contribution in [2.75, 3.05) is 11.9 Å². The number of hydrogen-bond donors (Lipinski definition) is 1. The molecule has 3 aromatic rings. The van der Waals surface area contributed by atoms with E-state index in [2.05, 4.69) is 46.1 Å². The monoisotopic (exact) mass is 463 g/mol. The molecule has 0 spiro atoms. The Balaban J connectivity index is 1.37. The Labute approximate surface area is 195 Å². The van der Waals surface area contributed by atoms with Gasteiger partial charge in [-0.2, -0.15) is 5.10 Å². The molecule has 33 heavy (non-hydrogen) atoms. The number of anilines is 1. The Morgan fingerprint density at radius 2 is 2.00 bits per heavy atom. The lowest BCUT2D eigenvalue weighted by Gasteiger charge is -2.15. The fraction of sp³-hybridized carbons (Fsp3) is 0.440. The molecule has 8 heteroatoms. The van der Waals surface area contributed by atoms with Crippen LogP contribution in [0.1, 0.15) is 37.1 Å². The third kappa shape index (κ3) is 6.36. The summed E-state index contributed by atoms with van der Waals surface area (Å²) in [4.78, 5) is 21.9. The molecule has 1 aliphatic carbocycles. The predicted octanol–water partition coefficient (Wildman–Crippen LogP) is 5.07. The average Bonchev–Trinajstić information content (AvgIpc) is 2.82. The standard InChI is InChI=1S/C25H33N5O2Si/c1-33(2,3)12-11-32-18-30-25(31)23-10-9-21(13-20(23)14-29-30)26-15-22-16-28-24(17-27-22)19-7-5-4-6-8-19/h7,9-10,13-14,16-17,26H,4-6,8,11-12,15,18H2,1-3H3. The second kappa shape index (κ2) is 10.4. The normalized spacial score (nSPS) is 14.3. The van der Waals surface area contributed by atoms with Crippen LogP contribution in [0.25, 0.3) is 16.3 Å². The van der Waals surface area contributed by atoms with Crippen LogP contribution in [0.15, 0.2) is 47.7 Å². The molecular weight excluding hydrogens is 430 g/mol. The van der Waals surface area contributed by atoms with Gasteiger partial charge in [0.05, 0.1) is 41.9 Å². The number of hydrogen-bond acceptors (Lipinski definition) is 6. The fourth-order valence-electron chi connectivity index (χ4n) is 3.79. The number of nitrogens with one attached hydrogen (secondary N) is 1. The summed E-state index contributed by atoms with van der Waals surface area (Å²) in [5.74, 6) is 0. The first-order chi connectivity index (χ1) is 15.9. The minimum Gasteiger partial charge on any atom is -0.379 e. The molecule has 7 nitrogen and oxygen atoms in total. The molecule has 1 aliphatic rings. The van der Waals surface area contributed by atoms with E-state index in [1.807, 2.05) is 30.6 Å². The van der Waals surface area contributed by atoms with E-state index in [1.165, 1.54) is 23.1 Å². The summed E-state index contributed by atoms with van der Waals surface area (Å²) in [6.45, 7) is 8.32. The number of rotatable bonds is 9. The maximum Gasteiger partial charge on any atom is 0.276 e. The van der Waals surface area contributed by atoms with Crippen molar-refractivity contribution in [3.8, 4) is 0 Å².